The molecule has 0 aliphatic carbocycles. The van der Waals surface area contributed by atoms with Crippen LogP contribution in [0, 0.1) is 13.8 Å². The molecule has 286 valence electrons. The predicted molar refractivity (Wildman–Crippen MR) is 195 cm³/mol. The zero-order valence-electron chi connectivity index (χ0n) is 30.8. The molecule has 7 aliphatic heterocycles. The minimum Gasteiger partial charge on any atom is -0.504 e. The van der Waals surface area contributed by atoms with Gasteiger partial charge in [0.1, 0.15) is 18.6 Å². The smallest absolute Gasteiger partial charge is 0.331 e. The van der Waals surface area contributed by atoms with Gasteiger partial charge in [-0.25, -0.2) is 4.79 Å². The molecule has 1 spiro atoms. The number of esters is 2. The van der Waals surface area contributed by atoms with Gasteiger partial charge in [0.2, 0.25) is 6.79 Å². The molecule has 4 bridgehead atoms. The maximum absolute atomic E-state index is 14.7. The number of carbonyl (C=O) groups is 2. The van der Waals surface area contributed by atoms with Crippen molar-refractivity contribution in [1.82, 2.24) is 15.1 Å². The van der Waals surface area contributed by atoms with E-state index in [0.717, 1.165) is 16.7 Å². The highest BCUT2D eigenvalue weighted by atomic mass is 32.2. The van der Waals surface area contributed by atoms with E-state index in [1.54, 1.807) is 12.1 Å². The molecular weight excluding hydrogens is 719 g/mol. The molecule has 0 radical (unpaired) electrons. The number of phenols is 2. The minimum atomic E-state index is -1.36. The zero-order chi connectivity index (χ0) is 38.0. The van der Waals surface area contributed by atoms with E-state index in [2.05, 4.69) is 10.2 Å². The fourth-order valence-electron chi connectivity index (χ4n) is 10.00. The summed E-state index contributed by atoms with van der Waals surface area (Å²) in [5.74, 6) is 0.949. The number of thioether (sulfide) groups is 1. The average molecular weight is 762 g/mol. The van der Waals surface area contributed by atoms with Crippen LogP contribution in [0.5, 0.6) is 40.2 Å². The van der Waals surface area contributed by atoms with Crippen LogP contribution in [-0.4, -0.2) is 102 Å². The number of carbonyl (C=O) groups excluding carboxylic acids is 2. The van der Waals surface area contributed by atoms with Crippen molar-refractivity contribution in [2.75, 3.05) is 47.0 Å². The van der Waals surface area contributed by atoms with Crippen LogP contribution in [0.4, 0.5) is 0 Å². The maximum atomic E-state index is 14.7. The van der Waals surface area contributed by atoms with Crippen LogP contribution < -0.4 is 29.0 Å². The van der Waals surface area contributed by atoms with Crippen molar-refractivity contribution in [2.24, 2.45) is 0 Å². The van der Waals surface area contributed by atoms with Crippen molar-refractivity contribution < 1.29 is 53.3 Å². The van der Waals surface area contributed by atoms with E-state index in [4.69, 9.17) is 28.4 Å². The summed E-state index contributed by atoms with van der Waals surface area (Å²) in [6, 6.07) is 3.13. The molecule has 2 saturated heterocycles. The number of likely N-dealkylation sites (N-methyl/N-ethyl adjacent to an activating group) is 1. The van der Waals surface area contributed by atoms with E-state index in [1.165, 1.54) is 32.9 Å². The monoisotopic (exact) mass is 761 g/mol. The molecule has 0 unspecified atom stereocenters. The lowest BCUT2D eigenvalue weighted by atomic mass is 9.73. The second-order valence-electron chi connectivity index (χ2n) is 14.9. The summed E-state index contributed by atoms with van der Waals surface area (Å²) in [5, 5.41) is 38.2. The molecule has 2 fully saturated rings. The van der Waals surface area contributed by atoms with E-state index >= 15 is 0 Å². The highest BCUT2D eigenvalue weighted by Gasteiger charge is 2.61. The van der Waals surface area contributed by atoms with Gasteiger partial charge in [-0.1, -0.05) is 6.07 Å². The third kappa shape index (κ3) is 4.74. The molecule has 54 heavy (non-hydrogen) atoms. The first-order chi connectivity index (χ1) is 25.9. The maximum Gasteiger partial charge on any atom is 0.331 e. The normalized spacial score (nSPS) is 29.4. The Morgan fingerprint density at radius 1 is 1.02 bits per heavy atom. The number of hydrogen-bond donors (Lipinski definition) is 4. The van der Waals surface area contributed by atoms with Gasteiger partial charge in [-0.15, -0.1) is 11.8 Å². The molecule has 15 heteroatoms. The van der Waals surface area contributed by atoms with E-state index in [9.17, 15) is 24.9 Å². The molecule has 10 rings (SSSR count). The Labute approximate surface area is 316 Å². The number of nitrogens with zero attached hydrogens (tertiary/aromatic N) is 2. The number of aliphatic hydroxyl groups is 1. The first kappa shape index (κ1) is 35.3. The van der Waals surface area contributed by atoms with E-state index in [-0.39, 0.29) is 42.4 Å². The van der Waals surface area contributed by atoms with Crippen molar-refractivity contribution in [3.05, 3.63) is 62.7 Å². The second kappa shape index (κ2) is 12.6. The summed E-state index contributed by atoms with van der Waals surface area (Å²) >= 11 is 1.47. The van der Waals surface area contributed by atoms with Crippen molar-refractivity contribution in [1.29, 1.82) is 0 Å². The van der Waals surface area contributed by atoms with Crippen LogP contribution in [0.1, 0.15) is 68.8 Å². The third-order valence-electron chi connectivity index (χ3n) is 12.3. The number of nitrogens with one attached hydrogen (secondary N) is 1. The molecule has 7 atom stereocenters. The Morgan fingerprint density at radius 3 is 2.54 bits per heavy atom. The SMILES string of the molecule is COc1cc2c(cc1O)CCN[C@@]21CS[C@@H]2c3c(OC(C)=O)c(C)c4c(c3[C@H](COC1=O)N1[C@@H]2[C@@H]2c3c(cc(C)c(OC)c3O)C[C@H]([C@@H]1O)N2C)OCO4. The summed E-state index contributed by atoms with van der Waals surface area (Å²) < 4.78 is 35.9. The molecule has 4 N–H and O–H groups in total. The number of methoxy groups -OCH3 is 2. The fourth-order valence-corrected chi connectivity index (χ4v) is 11.7. The Balaban J connectivity index is 1.32. The molecule has 7 aliphatic rings. The number of fused-ring (bicyclic) bond motifs is 9. The van der Waals surface area contributed by atoms with Crippen LogP contribution in [0.25, 0.3) is 0 Å². The standard InChI is InChI=1S/C39H43N3O11S/c1-16-9-20-10-22-37(46)42-23-13-50-38(47)39(21-12-25(48-5)24(44)11-19(21)7-8-40-39)14-54-36(30(42)29(41(22)4)26(20)31(45)32(16)49-6)28-27(23)35-34(51-15-52-35)17(2)33(28)53-18(3)43/h9,11-12,22-23,29-30,36-37,40,44-46H,7-8,10,13-15H2,1-6H3/t22-,23+,29+,30-,36-,37+,39+/m1/s1. The van der Waals surface area contributed by atoms with Crippen molar-refractivity contribution in [2.45, 2.75) is 74.8 Å². The van der Waals surface area contributed by atoms with Crippen LogP contribution in [0.3, 0.4) is 0 Å². The van der Waals surface area contributed by atoms with E-state index in [0.29, 0.717) is 70.2 Å². The first-order valence-corrected chi connectivity index (χ1v) is 19.1. The number of aliphatic hydroxyl groups excluding tert-OH is 1. The molecule has 14 nitrogen and oxygen atoms in total. The summed E-state index contributed by atoms with van der Waals surface area (Å²) in [4.78, 5) is 31.7. The molecular formula is C39H43N3O11S. The van der Waals surface area contributed by atoms with Gasteiger partial charge in [0.15, 0.2) is 40.0 Å². The van der Waals surface area contributed by atoms with Gasteiger partial charge in [-0.3, -0.25) is 19.9 Å². The van der Waals surface area contributed by atoms with Crippen LogP contribution in [0.15, 0.2) is 18.2 Å². The molecule has 0 amide bonds. The number of ether oxygens (including phenoxy) is 6. The molecule has 3 aromatic rings. The Hall–Kier alpha value is -4.41. The predicted octanol–water partition coefficient (Wildman–Crippen LogP) is 3.41. The van der Waals surface area contributed by atoms with Gasteiger partial charge in [-0.05, 0) is 68.1 Å². The number of aryl methyl sites for hydroxylation is 1. The van der Waals surface area contributed by atoms with Crippen molar-refractivity contribution in [3.63, 3.8) is 0 Å². The molecule has 0 aromatic heterocycles. The Morgan fingerprint density at radius 2 is 1.80 bits per heavy atom. The number of benzene rings is 3. The largest absolute Gasteiger partial charge is 0.504 e. The third-order valence-corrected chi connectivity index (χ3v) is 13.7. The molecule has 7 heterocycles. The second-order valence-corrected chi connectivity index (χ2v) is 16.1. The lowest BCUT2D eigenvalue weighted by Crippen LogP contribution is -2.70. The summed E-state index contributed by atoms with van der Waals surface area (Å²) in [6.45, 7) is 5.26. The number of rotatable bonds is 3. The molecule has 0 saturated carbocycles. The number of piperazine rings is 1. The van der Waals surface area contributed by atoms with Gasteiger partial charge >= 0.3 is 11.9 Å². The number of aromatic hydroxyl groups is 2. The number of phenolic OH excluding ortho intramolecular Hbond substituents is 2. The summed E-state index contributed by atoms with van der Waals surface area (Å²) in [5.41, 5.74) is 4.36. The van der Waals surface area contributed by atoms with Crippen LogP contribution in [0.2, 0.25) is 0 Å². The van der Waals surface area contributed by atoms with Gasteiger partial charge < -0.3 is 43.7 Å². The highest BCUT2D eigenvalue weighted by molar-refractivity contribution is 7.99. The fraction of sp³-hybridized carbons (Fsp3) is 0.487. The van der Waals surface area contributed by atoms with Crippen LogP contribution in [-0.2, 0) is 32.7 Å². The van der Waals surface area contributed by atoms with Gasteiger partial charge in [-0.2, -0.15) is 0 Å². The van der Waals surface area contributed by atoms with Gasteiger partial charge in [0, 0.05) is 47.5 Å². The minimum absolute atomic E-state index is 0.0226. The van der Waals surface area contributed by atoms with Gasteiger partial charge in [0.25, 0.3) is 0 Å². The first-order valence-electron chi connectivity index (χ1n) is 18.1. The molecule has 3 aromatic carbocycles. The lowest BCUT2D eigenvalue weighted by molar-refractivity contribution is -0.186. The zero-order valence-corrected chi connectivity index (χ0v) is 31.7. The van der Waals surface area contributed by atoms with Gasteiger partial charge in [0.05, 0.1) is 37.6 Å². The van der Waals surface area contributed by atoms with Crippen molar-refractivity contribution >= 4 is 23.7 Å². The topological polar surface area (TPSA) is 169 Å². The van der Waals surface area contributed by atoms with E-state index in [1.807, 2.05) is 31.9 Å². The van der Waals surface area contributed by atoms with Crippen molar-refractivity contribution in [3.8, 4) is 40.2 Å². The summed E-state index contributed by atoms with van der Waals surface area (Å²) in [7, 11) is 4.96. The Bertz CT molecular complexity index is 2130. The lowest BCUT2D eigenvalue weighted by Gasteiger charge is -2.62. The van der Waals surface area contributed by atoms with Crippen LogP contribution >= 0.6 is 11.8 Å². The quantitative estimate of drug-likeness (QED) is 0.226. The summed E-state index contributed by atoms with van der Waals surface area (Å²) in [6.07, 6.45) is -0.0282. The average Bonchev–Trinajstić information content (AvgIpc) is 3.63. The number of hydrogen-bond acceptors (Lipinski definition) is 15. The van der Waals surface area contributed by atoms with E-state index < -0.39 is 47.1 Å². The highest BCUT2D eigenvalue weighted by Crippen LogP contribution is 2.64. The Kier molecular flexibility index (Phi) is 8.21.